The second-order valence-electron chi connectivity index (χ2n) is 5.48. The van der Waals surface area contributed by atoms with Crippen molar-refractivity contribution < 1.29 is 13.6 Å². The molecule has 0 fully saturated rings. The van der Waals surface area contributed by atoms with Crippen LogP contribution in [0.5, 0.6) is 0 Å². The van der Waals surface area contributed by atoms with Crippen LogP contribution in [0.15, 0.2) is 29.3 Å². The lowest BCUT2D eigenvalue weighted by Gasteiger charge is -2.15. The maximum absolute atomic E-state index is 13.5. The third-order valence-electron chi connectivity index (χ3n) is 3.83. The number of aromatic nitrogens is 2. The van der Waals surface area contributed by atoms with E-state index in [1.807, 2.05) is 0 Å². The molecule has 1 N–H and O–H groups in total. The Morgan fingerprint density at radius 2 is 2.04 bits per heavy atom. The van der Waals surface area contributed by atoms with Gasteiger partial charge in [-0.15, -0.1) is 0 Å². The molecule has 1 amide bonds. The standard InChI is InChI=1S/C16H15F2N3O2/c17-10-5-6-14(12(18)7-10)20-15(22)8-21-9-19-13-4-2-1-3-11(13)16(21)23/h5-7,9H,1-4,8H2,(H,20,22). The molecule has 0 unspecified atom stereocenters. The molecule has 0 bridgehead atoms. The fourth-order valence-electron chi connectivity index (χ4n) is 2.68. The molecule has 120 valence electrons. The molecule has 0 spiro atoms. The lowest BCUT2D eigenvalue weighted by Crippen LogP contribution is -2.32. The maximum Gasteiger partial charge on any atom is 0.257 e. The Bertz CT molecular complexity index is 817. The molecular formula is C16H15F2N3O2. The number of fused-ring (bicyclic) bond motifs is 1. The zero-order valence-corrected chi connectivity index (χ0v) is 12.3. The van der Waals surface area contributed by atoms with Gasteiger partial charge in [0.1, 0.15) is 18.2 Å². The first-order valence-corrected chi connectivity index (χ1v) is 7.36. The minimum atomic E-state index is -0.866. The first-order valence-electron chi connectivity index (χ1n) is 7.36. The summed E-state index contributed by atoms with van der Waals surface area (Å²) in [6.07, 6.45) is 4.72. The van der Waals surface area contributed by atoms with Crippen LogP contribution in [-0.2, 0) is 24.2 Å². The van der Waals surface area contributed by atoms with Crippen molar-refractivity contribution in [2.75, 3.05) is 5.32 Å². The summed E-state index contributed by atoms with van der Waals surface area (Å²) in [4.78, 5) is 28.5. The number of benzene rings is 1. The highest BCUT2D eigenvalue weighted by Crippen LogP contribution is 2.16. The minimum absolute atomic E-state index is 0.129. The summed E-state index contributed by atoms with van der Waals surface area (Å²) in [5, 5.41) is 2.33. The van der Waals surface area contributed by atoms with Crippen LogP contribution in [0.3, 0.4) is 0 Å². The monoisotopic (exact) mass is 319 g/mol. The van der Waals surface area contributed by atoms with Gasteiger partial charge in [-0.25, -0.2) is 13.8 Å². The van der Waals surface area contributed by atoms with Gasteiger partial charge in [-0.2, -0.15) is 0 Å². The first kappa shape index (κ1) is 15.3. The lowest BCUT2D eigenvalue weighted by atomic mass is 9.97. The van der Waals surface area contributed by atoms with Crippen molar-refractivity contribution in [1.82, 2.24) is 9.55 Å². The zero-order chi connectivity index (χ0) is 16.4. The molecule has 1 aromatic heterocycles. The number of halogens is 2. The Morgan fingerprint density at radius 3 is 2.83 bits per heavy atom. The van der Waals surface area contributed by atoms with Gasteiger partial charge in [-0.3, -0.25) is 14.2 Å². The highest BCUT2D eigenvalue weighted by molar-refractivity contribution is 5.90. The highest BCUT2D eigenvalue weighted by Gasteiger charge is 2.17. The second-order valence-corrected chi connectivity index (χ2v) is 5.48. The zero-order valence-electron chi connectivity index (χ0n) is 12.3. The van der Waals surface area contributed by atoms with Gasteiger partial charge >= 0.3 is 0 Å². The van der Waals surface area contributed by atoms with Crippen LogP contribution in [-0.4, -0.2) is 15.5 Å². The fraction of sp³-hybridized carbons (Fsp3) is 0.312. The van der Waals surface area contributed by atoms with Crippen molar-refractivity contribution in [3.8, 4) is 0 Å². The molecule has 3 rings (SSSR count). The molecule has 0 radical (unpaired) electrons. The Labute approximate surface area is 131 Å². The number of hydrogen-bond donors (Lipinski definition) is 1. The van der Waals surface area contributed by atoms with Gasteiger partial charge in [0.15, 0.2) is 0 Å². The molecule has 2 aromatic rings. The molecule has 0 saturated carbocycles. The van der Waals surface area contributed by atoms with Crippen molar-refractivity contribution in [3.63, 3.8) is 0 Å². The van der Waals surface area contributed by atoms with Crippen LogP contribution >= 0.6 is 0 Å². The van der Waals surface area contributed by atoms with E-state index in [1.54, 1.807) is 0 Å². The van der Waals surface area contributed by atoms with Gasteiger partial charge in [0.2, 0.25) is 5.91 Å². The third-order valence-corrected chi connectivity index (χ3v) is 3.83. The predicted octanol–water partition coefficient (Wildman–Crippen LogP) is 2.04. The summed E-state index contributed by atoms with van der Waals surface area (Å²) in [6.45, 7) is -0.268. The van der Waals surface area contributed by atoms with E-state index in [-0.39, 0.29) is 17.8 Å². The molecule has 1 aliphatic carbocycles. The molecule has 7 heteroatoms. The molecule has 1 aromatic carbocycles. The summed E-state index contributed by atoms with van der Waals surface area (Å²) >= 11 is 0. The van der Waals surface area contributed by atoms with E-state index in [1.165, 1.54) is 10.9 Å². The van der Waals surface area contributed by atoms with E-state index >= 15 is 0 Å². The van der Waals surface area contributed by atoms with Gasteiger partial charge < -0.3 is 5.32 Å². The first-order chi connectivity index (χ1) is 11.0. The van der Waals surface area contributed by atoms with Crippen LogP contribution in [0.2, 0.25) is 0 Å². The number of amides is 1. The molecule has 0 atom stereocenters. The van der Waals surface area contributed by atoms with Crippen molar-refractivity contribution in [2.45, 2.75) is 32.2 Å². The Kier molecular flexibility index (Phi) is 4.18. The molecule has 0 aliphatic heterocycles. The average molecular weight is 319 g/mol. The number of anilines is 1. The third kappa shape index (κ3) is 3.28. The summed E-state index contributed by atoms with van der Waals surface area (Å²) in [5.41, 5.74) is 1.08. The average Bonchev–Trinajstić information content (AvgIpc) is 2.53. The van der Waals surface area contributed by atoms with E-state index in [4.69, 9.17) is 0 Å². The van der Waals surface area contributed by atoms with Crippen LogP contribution < -0.4 is 10.9 Å². The van der Waals surface area contributed by atoms with Crippen molar-refractivity contribution in [2.24, 2.45) is 0 Å². The number of nitrogens with one attached hydrogen (secondary N) is 1. The molecule has 0 saturated heterocycles. The number of hydrogen-bond acceptors (Lipinski definition) is 3. The molecule has 5 nitrogen and oxygen atoms in total. The summed E-state index contributed by atoms with van der Waals surface area (Å²) in [5.74, 6) is -2.17. The van der Waals surface area contributed by atoms with E-state index in [0.29, 0.717) is 18.1 Å². The van der Waals surface area contributed by atoms with E-state index < -0.39 is 17.5 Å². The minimum Gasteiger partial charge on any atom is -0.322 e. The van der Waals surface area contributed by atoms with Crippen molar-refractivity contribution in [1.29, 1.82) is 0 Å². The largest absolute Gasteiger partial charge is 0.322 e. The van der Waals surface area contributed by atoms with Gasteiger partial charge in [-0.05, 0) is 37.8 Å². The predicted molar refractivity (Wildman–Crippen MR) is 80.1 cm³/mol. The Hall–Kier alpha value is -2.57. The summed E-state index contributed by atoms with van der Waals surface area (Å²) in [7, 11) is 0. The topological polar surface area (TPSA) is 64.0 Å². The van der Waals surface area contributed by atoms with Gasteiger partial charge in [0, 0.05) is 11.6 Å². The van der Waals surface area contributed by atoms with E-state index in [9.17, 15) is 18.4 Å². The van der Waals surface area contributed by atoms with Crippen molar-refractivity contribution in [3.05, 3.63) is 57.8 Å². The smallest absolute Gasteiger partial charge is 0.257 e. The molecule has 1 heterocycles. The number of rotatable bonds is 3. The normalized spacial score (nSPS) is 13.5. The number of aryl methyl sites for hydroxylation is 1. The summed E-state index contributed by atoms with van der Waals surface area (Å²) in [6, 6.07) is 2.87. The fourth-order valence-corrected chi connectivity index (χ4v) is 2.68. The molecule has 23 heavy (non-hydrogen) atoms. The van der Waals surface area contributed by atoms with E-state index in [2.05, 4.69) is 10.3 Å². The number of nitrogens with zero attached hydrogens (tertiary/aromatic N) is 2. The lowest BCUT2D eigenvalue weighted by molar-refractivity contribution is -0.116. The maximum atomic E-state index is 13.5. The number of carbonyl (C=O) groups is 1. The van der Waals surface area contributed by atoms with Gasteiger partial charge in [0.05, 0.1) is 17.7 Å². The molecule has 1 aliphatic rings. The van der Waals surface area contributed by atoms with Gasteiger partial charge in [-0.1, -0.05) is 0 Å². The van der Waals surface area contributed by atoms with Crippen LogP contribution in [0, 0.1) is 11.6 Å². The Balaban J connectivity index is 1.77. The van der Waals surface area contributed by atoms with Crippen LogP contribution in [0.1, 0.15) is 24.1 Å². The Morgan fingerprint density at radius 1 is 1.26 bits per heavy atom. The second kappa shape index (κ2) is 6.28. The summed E-state index contributed by atoms with van der Waals surface area (Å²) < 4.78 is 27.6. The van der Waals surface area contributed by atoms with Crippen LogP contribution in [0.4, 0.5) is 14.5 Å². The quantitative estimate of drug-likeness (QED) is 0.941. The van der Waals surface area contributed by atoms with Crippen molar-refractivity contribution >= 4 is 11.6 Å². The SMILES string of the molecule is O=C(Cn1cnc2c(c1=O)CCCC2)Nc1ccc(F)cc1F. The van der Waals surface area contributed by atoms with E-state index in [0.717, 1.165) is 37.1 Å². The highest BCUT2D eigenvalue weighted by atomic mass is 19.1. The van der Waals surface area contributed by atoms with Crippen LogP contribution in [0.25, 0.3) is 0 Å². The number of carbonyl (C=O) groups excluding carboxylic acids is 1. The van der Waals surface area contributed by atoms with Gasteiger partial charge in [0.25, 0.3) is 5.56 Å². The molecular weight excluding hydrogens is 304 g/mol.